The van der Waals surface area contributed by atoms with Gasteiger partial charge in [-0.05, 0) is 38.3 Å². The largest absolute Gasteiger partial charge is 0.511 e. The van der Waals surface area contributed by atoms with E-state index in [1.54, 1.807) is 6.92 Å². The van der Waals surface area contributed by atoms with E-state index in [1.165, 1.54) is 25.0 Å². The van der Waals surface area contributed by atoms with Gasteiger partial charge in [0.2, 0.25) is 0 Å². The Morgan fingerprint density at radius 1 is 1.32 bits per heavy atom. The lowest BCUT2D eigenvalue weighted by molar-refractivity contribution is -0.384. The first-order valence-electron chi connectivity index (χ1n) is 7.85. The Kier molecular flexibility index (Phi) is 9.00. The lowest BCUT2D eigenvalue weighted by Gasteiger charge is -2.15. The zero-order valence-electron chi connectivity index (χ0n) is 13.9. The highest BCUT2D eigenvalue weighted by Gasteiger charge is 2.09. The van der Waals surface area contributed by atoms with E-state index in [4.69, 9.17) is 14.9 Å². The molecule has 2 unspecified atom stereocenters. The number of benzene rings is 1. The molecule has 136 valence electrons. The van der Waals surface area contributed by atoms with Crippen molar-refractivity contribution in [2.24, 2.45) is 0 Å². The van der Waals surface area contributed by atoms with Crippen molar-refractivity contribution < 1.29 is 29.4 Å². The van der Waals surface area contributed by atoms with Crippen LogP contribution in [0.1, 0.15) is 39.0 Å². The number of nitro groups is 1. The molecule has 2 N–H and O–H groups in total. The average Bonchev–Trinajstić information content (AvgIpc) is 2.50. The van der Waals surface area contributed by atoms with E-state index in [0.29, 0.717) is 0 Å². The average molecular weight is 351 g/mol. The van der Waals surface area contributed by atoms with Gasteiger partial charge in [-0.25, -0.2) is 4.79 Å². The summed E-state index contributed by atoms with van der Waals surface area (Å²) in [7, 11) is 0. The first kappa shape index (κ1) is 20.4. The molecule has 1 aliphatic rings. The van der Waals surface area contributed by atoms with Gasteiger partial charge in [0.25, 0.3) is 5.69 Å². The number of carboxylic acid groups (broad SMARTS) is 1. The van der Waals surface area contributed by atoms with E-state index in [2.05, 4.69) is 16.6 Å². The van der Waals surface area contributed by atoms with Gasteiger partial charge in [0.15, 0.2) is 6.29 Å². The summed E-state index contributed by atoms with van der Waals surface area (Å²) in [5, 5.41) is 27.3. The van der Waals surface area contributed by atoms with Gasteiger partial charge in [0, 0.05) is 18.6 Å². The minimum atomic E-state index is -1.45. The molecule has 0 amide bonds. The van der Waals surface area contributed by atoms with Crippen molar-refractivity contribution in [2.75, 3.05) is 0 Å². The van der Waals surface area contributed by atoms with Crippen molar-refractivity contribution in [3.63, 3.8) is 0 Å². The maximum Gasteiger partial charge on any atom is 0.511 e. The molecular formula is C17H21NO7. The first-order chi connectivity index (χ1) is 11.9. The molecule has 2 rings (SSSR count). The van der Waals surface area contributed by atoms with Gasteiger partial charge in [-0.1, -0.05) is 12.3 Å². The van der Waals surface area contributed by atoms with Crippen LogP contribution in [0.25, 0.3) is 0 Å². The molecule has 0 heterocycles. The predicted molar refractivity (Wildman–Crippen MR) is 89.2 cm³/mol. The number of nitrogens with zero attached hydrogens (tertiary/aromatic N) is 1. The Morgan fingerprint density at radius 3 is 2.56 bits per heavy atom. The number of nitro benzene ring substituents is 1. The fourth-order valence-electron chi connectivity index (χ4n) is 2.05. The van der Waals surface area contributed by atoms with Gasteiger partial charge in [-0.15, -0.1) is 5.92 Å². The summed E-state index contributed by atoms with van der Waals surface area (Å²) in [4.78, 5) is 19.6. The summed E-state index contributed by atoms with van der Waals surface area (Å²) < 4.78 is 9.45. The molecule has 2 atom stereocenters. The molecule has 1 aromatic carbocycles. The first-order valence-corrected chi connectivity index (χ1v) is 7.85. The number of aliphatic hydroxyl groups excluding tert-OH is 1. The zero-order valence-corrected chi connectivity index (χ0v) is 13.9. The number of ether oxygens (including phenoxy) is 2. The molecule has 0 saturated heterocycles. The van der Waals surface area contributed by atoms with Gasteiger partial charge >= 0.3 is 6.16 Å². The van der Waals surface area contributed by atoms with Crippen molar-refractivity contribution in [2.45, 2.75) is 51.4 Å². The van der Waals surface area contributed by atoms with Crippen molar-refractivity contribution >= 4 is 11.8 Å². The predicted octanol–water partition coefficient (Wildman–Crippen LogP) is 3.33. The van der Waals surface area contributed by atoms with E-state index in [1.807, 2.05) is 0 Å². The second kappa shape index (κ2) is 11.0. The van der Waals surface area contributed by atoms with Gasteiger partial charge in [0.1, 0.15) is 11.9 Å². The standard InChI is InChI=1S/C10H16O2.C7H5NO5/c1-9(11)12-10-7-5-3-2-4-6-8-10;9-7(10)13-6-3-1-5(2-4-6)8(11)12/h9-11H,2-5,7H2,1H3;1-4H,(H,9,10). The van der Waals surface area contributed by atoms with Crippen LogP contribution in [0.3, 0.4) is 0 Å². The quantitative estimate of drug-likeness (QED) is 0.213. The van der Waals surface area contributed by atoms with Crippen LogP contribution in [-0.4, -0.2) is 33.7 Å². The Bertz CT molecular complexity index is 616. The van der Waals surface area contributed by atoms with Crippen LogP contribution in [0.15, 0.2) is 24.3 Å². The molecular weight excluding hydrogens is 330 g/mol. The summed E-state index contributed by atoms with van der Waals surface area (Å²) in [6.07, 6.45) is 3.33. The van der Waals surface area contributed by atoms with Crippen LogP contribution in [0.2, 0.25) is 0 Å². The maximum atomic E-state index is 10.2. The molecule has 8 heteroatoms. The minimum absolute atomic E-state index is 0.0506. The fourth-order valence-corrected chi connectivity index (χ4v) is 2.05. The highest BCUT2D eigenvalue weighted by Crippen LogP contribution is 2.17. The van der Waals surface area contributed by atoms with Crippen LogP contribution < -0.4 is 4.74 Å². The third-order valence-electron chi connectivity index (χ3n) is 3.15. The number of hydrogen-bond acceptors (Lipinski definition) is 6. The van der Waals surface area contributed by atoms with Gasteiger partial charge < -0.3 is 19.7 Å². The van der Waals surface area contributed by atoms with E-state index >= 15 is 0 Å². The van der Waals surface area contributed by atoms with Crippen molar-refractivity contribution in [3.05, 3.63) is 34.4 Å². The Morgan fingerprint density at radius 2 is 2.00 bits per heavy atom. The number of rotatable bonds is 4. The van der Waals surface area contributed by atoms with Crippen LogP contribution in [0.5, 0.6) is 5.75 Å². The maximum absolute atomic E-state index is 10.2. The van der Waals surface area contributed by atoms with Crippen LogP contribution in [-0.2, 0) is 4.74 Å². The lowest BCUT2D eigenvalue weighted by atomic mass is 10.1. The van der Waals surface area contributed by atoms with Crippen molar-refractivity contribution in [1.29, 1.82) is 0 Å². The Labute approximate surface area is 145 Å². The fraction of sp³-hybridized carbons (Fsp3) is 0.471. The van der Waals surface area contributed by atoms with Crippen LogP contribution in [0, 0.1) is 22.0 Å². The molecule has 0 fully saturated rings. The summed E-state index contributed by atoms with van der Waals surface area (Å²) in [5.74, 6) is 6.13. The number of carbonyl (C=O) groups is 1. The molecule has 0 aromatic heterocycles. The van der Waals surface area contributed by atoms with Gasteiger partial charge in [-0.2, -0.15) is 0 Å². The van der Waals surface area contributed by atoms with Crippen molar-refractivity contribution in [3.8, 4) is 17.6 Å². The topological polar surface area (TPSA) is 119 Å². The smallest absolute Gasteiger partial charge is 0.449 e. The molecule has 8 nitrogen and oxygen atoms in total. The molecule has 0 bridgehead atoms. The second-order valence-electron chi connectivity index (χ2n) is 5.26. The third kappa shape index (κ3) is 9.30. The monoisotopic (exact) mass is 351 g/mol. The zero-order chi connectivity index (χ0) is 18.7. The van der Waals surface area contributed by atoms with E-state index in [0.717, 1.165) is 31.4 Å². The molecule has 0 aliphatic heterocycles. The molecule has 0 radical (unpaired) electrons. The van der Waals surface area contributed by atoms with E-state index < -0.39 is 17.4 Å². The number of hydrogen-bond donors (Lipinski definition) is 2. The lowest BCUT2D eigenvalue weighted by Crippen LogP contribution is -2.18. The molecule has 1 aromatic rings. The second-order valence-corrected chi connectivity index (χ2v) is 5.26. The summed E-state index contributed by atoms with van der Waals surface area (Å²) in [6, 6.07) is 4.76. The van der Waals surface area contributed by atoms with E-state index in [-0.39, 0.29) is 17.5 Å². The van der Waals surface area contributed by atoms with Crippen LogP contribution >= 0.6 is 0 Å². The molecule has 0 spiro atoms. The highest BCUT2D eigenvalue weighted by atomic mass is 16.7. The Hall–Kier alpha value is -2.63. The number of aliphatic hydroxyl groups is 1. The summed E-state index contributed by atoms with van der Waals surface area (Å²) in [6.45, 7) is 1.63. The van der Waals surface area contributed by atoms with Gasteiger partial charge in [0.05, 0.1) is 4.92 Å². The molecule has 0 saturated carbocycles. The normalized spacial score (nSPS) is 17.4. The number of non-ortho nitro benzene ring substituents is 1. The molecule has 25 heavy (non-hydrogen) atoms. The third-order valence-corrected chi connectivity index (χ3v) is 3.15. The SMILES string of the molecule is CC(O)OC1C#CCCCCC1.O=C(O)Oc1ccc([N+](=O)[O-])cc1. The Balaban J connectivity index is 0.000000251. The van der Waals surface area contributed by atoms with E-state index in [9.17, 15) is 14.9 Å². The molecule has 1 aliphatic carbocycles. The van der Waals surface area contributed by atoms with Crippen LogP contribution in [0.4, 0.5) is 10.5 Å². The highest BCUT2D eigenvalue weighted by molar-refractivity contribution is 5.61. The summed E-state index contributed by atoms with van der Waals surface area (Å²) >= 11 is 0. The minimum Gasteiger partial charge on any atom is -0.449 e. The van der Waals surface area contributed by atoms with Gasteiger partial charge in [-0.3, -0.25) is 10.1 Å². The summed E-state index contributed by atoms with van der Waals surface area (Å²) in [5.41, 5.74) is -0.113. The van der Waals surface area contributed by atoms with Crippen molar-refractivity contribution in [1.82, 2.24) is 0 Å².